The van der Waals surface area contributed by atoms with Crippen molar-refractivity contribution in [3.05, 3.63) is 82.6 Å². The fraction of sp³-hybridized carbons (Fsp3) is 0.200. The van der Waals surface area contributed by atoms with E-state index in [1.54, 1.807) is 24.5 Å². The predicted molar refractivity (Wildman–Crippen MR) is 108 cm³/mol. The number of carbonyl (C=O) groups is 1. The summed E-state index contributed by atoms with van der Waals surface area (Å²) in [4.78, 5) is 37.1. The predicted octanol–water partition coefficient (Wildman–Crippen LogP) is 3.42. The van der Waals surface area contributed by atoms with Crippen LogP contribution in [0.15, 0.2) is 71.1 Å². The minimum absolute atomic E-state index is 0.0769. The van der Waals surface area contributed by atoms with Crippen molar-refractivity contribution in [1.82, 2.24) is 15.0 Å². The first-order valence-electron chi connectivity index (χ1n) is 8.46. The number of anilines is 1. The van der Waals surface area contributed by atoms with Crippen molar-refractivity contribution in [1.29, 1.82) is 0 Å². The normalized spacial score (nSPS) is 15.7. The molecule has 0 unspecified atom stereocenters. The van der Waals surface area contributed by atoms with Crippen LogP contribution < -0.4 is 10.9 Å². The summed E-state index contributed by atoms with van der Waals surface area (Å²) < 4.78 is 0. The van der Waals surface area contributed by atoms with Crippen molar-refractivity contribution < 1.29 is 4.79 Å². The van der Waals surface area contributed by atoms with Gasteiger partial charge in [0.15, 0.2) is 10.9 Å². The zero-order valence-electron chi connectivity index (χ0n) is 15.0. The van der Waals surface area contributed by atoms with Crippen LogP contribution in [0.25, 0.3) is 0 Å². The number of allylic oxidation sites excluding steroid dienone is 3. The maximum atomic E-state index is 12.9. The monoisotopic (exact) mass is 380 g/mol. The van der Waals surface area contributed by atoms with Crippen LogP contribution in [0.2, 0.25) is 0 Å². The Labute approximate surface area is 161 Å². The van der Waals surface area contributed by atoms with E-state index in [-0.39, 0.29) is 17.8 Å². The van der Waals surface area contributed by atoms with Gasteiger partial charge >= 0.3 is 0 Å². The maximum Gasteiger partial charge on any atom is 0.257 e. The number of aromatic amines is 1. The second-order valence-electron chi connectivity index (χ2n) is 6.03. The number of aromatic nitrogens is 3. The van der Waals surface area contributed by atoms with Gasteiger partial charge in [0.1, 0.15) is 5.82 Å². The first kappa shape index (κ1) is 18.8. The Morgan fingerprint density at radius 1 is 1.30 bits per heavy atom. The summed E-state index contributed by atoms with van der Waals surface area (Å²) in [7, 11) is 0. The van der Waals surface area contributed by atoms with Crippen LogP contribution in [-0.4, -0.2) is 26.5 Å². The molecule has 7 heteroatoms. The van der Waals surface area contributed by atoms with E-state index in [0.29, 0.717) is 33.6 Å². The van der Waals surface area contributed by atoms with E-state index in [4.69, 9.17) is 0 Å². The van der Waals surface area contributed by atoms with Crippen LogP contribution in [-0.2, 0) is 4.79 Å². The first-order valence-corrected chi connectivity index (χ1v) is 9.45. The highest BCUT2D eigenvalue weighted by Gasteiger charge is 2.34. The summed E-state index contributed by atoms with van der Waals surface area (Å²) in [6, 6.07) is 3.63. The smallest absolute Gasteiger partial charge is 0.257 e. The molecular formula is C20H20N4O2S. The van der Waals surface area contributed by atoms with Crippen LogP contribution in [0.5, 0.6) is 0 Å². The van der Waals surface area contributed by atoms with Crippen molar-refractivity contribution in [2.75, 3.05) is 11.1 Å². The van der Waals surface area contributed by atoms with Crippen LogP contribution in [0.4, 0.5) is 5.82 Å². The van der Waals surface area contributed by atoms with E-state index >= 15 is 0 Å². The van der Waals surface area contributed by atoms with Crippen molar-refractivity contribution in [2.24, 2.45) is 0 Å². The molecule has 0 aromatic carbocycles. The number of hydrogen-bond donors (Lipinski definition) is 2. The first-order chi connectivity index (χ1) is 13.1. The van der Waals surface area contributed by atoms with Gasteiger partial charge in [-0.15, -0.1) is 13.2 Å². The number of H-pyrrole nitrogens is 1. The topological polar surface area (TPSA) is 87.7 Å². The molecule has 0 fully saturated rings. The molecule has 0 aliphatic carbocycles. The standard InChI is InChI=1S/C20H20N4O2S/c1-4-6-14(25)15-12(3)22-18-17(16(15)13-7-9-21-10-8-13)19(26)24-20(23-18)27-11-5-2/h4-5,7-10,16H,1-2,6,11H2,3H3,(H2,22,23,24,26)/t16-/m1/s1. The summed E-state index contributed by atoms with van der Waals surface area (Å²) >= 11 is 1.39. The summed E-state index contributed by atoms with van der Waals surface area (Å²) in [5.41, 5.74) is 2.22. The molecule has 2 aromatic rings. The van der Waals surface area contributed by atoms with Crippen LogP contribution >= 0.6 is 11.8 Å². The van der Waals surface area contributed by atoms with Crippen LogP contribution in [0.1, 0.15) is 30.4 Å². The molecule has 138 valence electrons. The van der Waals surface area contributed by atoms with Crippen molar-refractivity contribution in [3.8, 4) is 0 Å². The zero-order valence-corrected chi connectivity index (χ0v) is 15.8. The number of Topliss-reactive ketones (excluding diaryl/α,β-unsaturated/α-hetero) is 1. The number of ketones is 1. The Morgan fingerprint density at radius 2 is 2.04 bits per heavy atom. The van der Waals surface area contributed by atoms with E-state index in [9.17, 15) is 9.59 Å². The van der Waals surface area contributed by atoms with Gasteiger partial charge in [-0.3, -0.25) is 14.6 Å². The molecule has 2 N–H and O–H groups in total. The molecule has 0 spiro atoms. The van der Waals surface area contributed by atoms with E-state index in [1.807, 2.05) is 19.1 Å². The molecule has 2 aromatic heterocycles. The molecule has 3 heterocycles. The third-order valence-electron chi connectivity index (χ3n) is 4.23. The quantitative estimate of drug-likeness (QED) is 0.435. The van der Waals surface area contributed by atoms with Gasteiger partial charge in [0.05, 0.1) is 5.56 Å². The fourth-order valence-electron chi connectivity index (χ4n) is 3.14. The number of nitrogens with one attached hydrogen (secondary N) is 2. The number of thioether (sulfide) groups is 1. The molecule has 1 atom stereocenters. The molecule has 3 rings (SSSR count). The van der Waals surface area contributed by atoms with Gasteiger partial charge in [-0.05, 0) is 24.6 Å². The number of nitrogens with zero attached hydrogens (tertiary/aromatic N) is 2. The molecule has 0 radical (unpaired) electrons. The minimum atomic E-state index is -0.508. The summed E-state index contributed by atoms with van der Waals surface area (Å²) in [6.07, 6.45) is 6.81. The Kier molecular flexibility index (Phi) is 5.71. The number of pyridine rings is 1. The third kappa shape index (κ3) is 3.78. The number of rotatable bonds is 7. The van der Waals surface area contributed by atoms with Gasteiger partial charge in [0.25, 0.3) is 5.56 Å². The highest BCUT2D eigenvalue weighted by atomic mass is 32.2. The van der Waals surface area contributed by atoms with Gasteiger partial charge in [0.2, 0.25) is 0 Å². The van der Waals surface area contributed by atoms with Gasteiger partial charge in [-0.2, -0.15) is 0 Å². The Balaban J connectivity index is 2.20. The molecule has 6 nitrogen and oxygen atoms in total. The Hall–Kier alpha value is -2.93. The van der Waals surface area contributed by atoms with E-state index in [1.165, 1.54) is 11.8 Å². The number of fused-ring (bicyclic) bond motifs is 1. The Bertz CT molecular complexity index is 979. The number of hydrogen-bond acceptors (Lipinski definition) is 6. The number of carbonyl (C=O) groups excluding carboxylic acids is 1. The minimum Gasteiger partial charge on any atom is -0.343 e. The van der Waals surface area contributed by atoms with Crippen molar-refractivity contribution in [3.63, 3.8) is 0 Å². The van der Waals surface area contributed by atoms with Crippen LogP contribution in [0, 0.1) is 0 Å². The maximum absolute atomic E-state index is 12.9. The lowest BCUT2D eigenvalue weighted by Crippen LogP contribution is -2.30. The highest BCUT2D eigenvalue weighted by Crippen LogP contribution is 2.40. The summed E-state index contributed by atoms with van der Waals surface area (Å²) in [6.45, 7) is 9.16. The lowest BCUT2D eigenvalue weighted by atomic mass is 9.80. The summed E-state index contributed by atoms with van der Waals surface area (Å²) in [5, 5.41) is 3.65. The van der Waals surface area contributed by atoms with Crippen molar-refractivity contribution in [2.45, 2.75) is 24.4 Å². The zero-order chi connectivity index (χ0) is 19.4. The SMILES string of the molecule is C=CCSc1nc2c(c(=O)[nH]1)[C@H](c1ccncc1)C(C(=O)CC=C)=C(C)N2. The average Bonchev–Trinajstić information content (AvgIpc) is 2.66. The molecule has 1 aliphatic heterocycles. The van der Waals surface area contributed by atoms with E-state index in [0.717, 1.165) is 5.56 Å². The van der Waals surface area contributed by atoms with Gasteiger partial charge in [-0.1, -0.05) is 23.9 Å². The summed E-state index contributed by atoms with van der Waals surface area (Å²) in [5.74, 6) is 0.520. The molecule has 0 bridgehead atoms. The van der Waals surface area contributed by atoms with Crippen LogP contribution in [0.3, 0.4) is 0 Å². The van der Waals surface area contributed by atoms with E-state index < -0.39 is 5.92 Å². The highest BCUT2D eigenvalue weighted by molar-refractivity contribution is 7.99. The molecule has 0 saturated carbocycles. The van der Waals surface area contributed by atoms with Gasteiger partial charge < -0.3 is 10.3 Å². The van der Waals surface area contributed by atoms with Gasteiger partial charge in [-0.25, -0.2) is 4.98 Å². The largest absolute Gasteiger partial charge is 0.343 e. The second-order valence-corrected chi connectivity index (χ2v) is 7.03. The third-order valence-corrected chi connectivity index (χ3v) is 5.10. The molecule has 27 heavy (non-hydrogen) atoms. The lowest BCUT2D eigenvalue weighted by molar-refractivity contribution is -0.115. The molecule has 1 aliphatic rings. The molecular weight excluding hydrogens is 360 g/mol. The Morgan fingerprint density at radius 3 is 2.70 bits per heavy atom. The average molecular weight is 380 g/mol. The second kappa shape index (κ2) is 8.18. The lowest BCUT2D eigenvalue weighted by Gasteiger charge is -2.29. The molecule has 0 amide bonds. The van der Waals surface area contributed by atoms with Gasteiger partial charge in [0, 0.05) is 41.8 Å². The van der Waals surface area contributed by atoms with E-state index in [2.05, 4.69) is 33.4 Å². The molecule has 0 saturated heterocycles. The fourth-order valence-corrected chi connectivity index (χ4v) is 3.73. The van der Waals surface area contributed by atoms with Crippen molar-refractivity contribution >= 4 is 23.4 Å².